The van der Waals surface area contributed by atoms with Crippen LogP contribution in [0.1, 0.15) is 161 Å². The Morgan fingerprint density at radius 2 is 0.632 bits per heavy atom. The summed E-state index contributed by atoms with van der Waals surface area (Å²) >= 11 is 0. The van der Waals surface area contributed by atoms with E-state index in [0.717, 1.165) is 0 Å². The second-order valence-electron chi connectivity index (χ2n) is 25.4. The Hall–Kier alpha value is -5.80. The molecule has 0 amide bonds. The summed E-state index contributed by atoms with van der Waals surface area (Å²) in [6.45, 7) is 40.1. The molecule has 0 bridgehead atoms. The van der Waals surface area contributed by atoms with Crippen LogP contribution in [-0.2, 0) is 32.5 Å². The van der Waals surface area contributed by atoms with Gasteiger partial charge in [0.2, 0.25) is 0 Å². The van der Waals surface area contributed by atoms with Gasteiger partial charge in [-0.15, -0.1) is 0 Å². The van der Waals surface area contributed by atoms with Crippen molar-refractivity contribution in [2.45, 2.75) is 150 Å². The molecule has 9 rings (SSSR count). The molecule has 0 aliphatic carbocycles. The Bertz CT molecular complexity index is 2780. The predicted molar refractivity (Wildman–Crippen MR) is 297 cm³/mol. The Balaban J connectivity index is 1.43. The zero-order valence-corrected chi connectivity index (χ0v) is 44.3. The summed E-state index contributed by atoms with van der Waals surface area (Å²) in [4.78, 5) is 5.27. The van der Waals surface area contributed by atoms with E-state index < -0.39 is 0 Å². The van der Waals surface area contributed by atoms with E-state index in [1.165, 1.54) is 101 Å². The van der Waals surface area contributed by atoms with Crippen molar-refractivity contribution in [1.82, 2.24) is 0 Å². The predicted octanol–water partition coefficient (Wildman–Crippen LogP) is 15.9. The van der Waals surface area contributed by atoms with Crippen LogP contribution in [0.4, 0.5) is 34.1 Å². The van der Waals surface area contributed by atoms with Gasteiger partial charge in [0.1, 0.15) is 0 Å². The van der Waals surface area contributed by atoms with Crippen molar-refractivity contribution in [2.75, 3.05) is 9.80 Å². The third kappa shape index (κ3) is 8.22. The van der Waals surface area contributed by atoms with Crippen LogP contribution in [0.15, 0.2) is 146 Å². The molecule has 7 aromatic carbocycles. The van der Waals surface area contributed by atoms with E-state index in [9.17, 15) is 0 Å². The third-order valence-electron chi connectivity index (χ3n) is 15.5. The number of nitrogens with zero attached hydrogens (tertiary/aromatic N) is 2. The fraction of sp³-hybridized carbons (Fsp3) is 0.354. The van der Waals surface area contributed by atoms with Gasteiger partial charge < -0.3 is 9.80 Å². The summed E-state index contributed by atoms with van der Waals surface area (Å²) in [7, 11) is 0. The van der Waals surface area contributed by atoms with Crippen LogP contribution in [0.2, 0.25) is 0 Å². The lowest BCUT2D eigenvalue weighted by Crippen LogP contribution is -2.61. The molecule has 3 heteroatoms. The van der Waals surface area contributed by atoms with E-state index in [2.05, 4.69) is 273 Å². The molecule has 348 valence electrons. The summed E-state index contributed by atoms with van der Waals surface area (Å²) in [5, 5.41) is 0. The topological polar surface area (TPSA) is 6.48 Å². The maximum absolute atomic E-state index is 2.63. The Morgan fingerprint density at radius 1 is 0.309 bits per heavy atom. The maximum atomic E-state index is 2.63. The number of rotatable bonds is 6. The summed E-state index contributed by atoms with van der Waals surface area (Å²) in [6.07, 6.45) is 0. The lowest BCUT2D eigenvalue weighted by atomic mass is 9.33. The van der Waals surface area contributed by atoms with Crippen molar-refractivity contribution in [3.05, 3.63) is 196 Å². The van der Waals surface area contributed by atoms with Gasteiger partial charge in [-0.2, -0.15) is 0 Å². The number of anilines is 6. The molecule has 2 aliphatic rings. The molecule has 0 saturated heterocycles. The van der Waals surface area contributed by atoms with Gasteiger partial charge in [-0.05, 0) is 144 Å². The molecule has 0 atom stereocenters. The number of fused-ring (bicyclic) bond motifs is 4. The minimum Gasteiger partial charge on any atom is -0.311 e. The molecule has 0 unspecified atom stereocenters. The quantitative estimate of drug-likeness (QED) is 0.153. The van der Waals surface area contributed by atoms with Gasteiger partial charge in [-0.1, -0.05) is 208 Å². The number of hydrogen-bond acceptors (Lipinski definition) is 2. The van der Waals surface area contributed by atoms with Gasteiger partial charge in [-0.3, -0.25) is 0 Å². The highest BCUT2D eigenvalue weighted by atomic mass is 15.2. The highest BCUT2D eigenvalue weighted by Gasteiger charge is 2.45. The summed E-state index contributed by atoms with van der Waals surface area (Å²) in [6, 6.07) is 56.8. The van der Waals surface area contributed by atoms with Crippen LogP contribution in [-0.4, -0.2) is 6.71 Å². The van der Waals surface area contributed by atoms with E-state index in [1.807, 2.05) is 0 Å². The molecule has 7 aromatic rings. The van der Waals surface area contributed by atoms with E-state index >= 15 is 0 Å². The van der Waals surface area contributed by atoms with E-state index in [-0.39, 0.29) is 39.2 Å². The van der Waals surface area contributed by atoms with Crippen molar-refractivity contribution in [1.29, 1.82) is 0 Å². The smallest absolute Gasteiger partial charge is 0.252 e. The third-order valence-corrected chi connectivity index (χ3v) is 15.5. The molecule has 2 aliphatic heterocycles. The summed E-state index contributed by atoms with van der Waals surface area (Å²) in [5.74, 6) is 0. The lowest BCUT2D eigenvalue weighted by Gasteiger charge is -2.46. The Morgan fingerprint density at radius 3 is 0.941 bits per heavy atom. The average Bonchev–Trinajstić information content (AvgIpc) is 3.27. The fourth-order valence-corrected chi connectivity index (χ4v) is 10.7. The molecular weight excluding hydrogens is 820 g/mol. The minimum absolute atomic E-state index is 0.0306. The Labute approximate surface area is 410 Å². The van der Waals surface area contributed by atoms with Crippen molar-refractivity contribution < 1.29 is 0 Å². The van der Waals surface area contributed by atoms with E-state index in [4.69, 9.17) is 0 Å². The second-order valence-corrected chi connectivity index (χ2v) is 25.4. The molecule has 0 N–H and O–H groups in total. The molecule has 0 saturated carbocycles. The van der Waals surface area contributed by atoms with Gasteiger partial charge in [-0.25, -0.2) is 0 Å². The SMILES string of the molecule is Cc1cc2c3c(c1)N(c1cc(C(C)(C)C)cc(C(C)(C)C)c1)c1ccc(C(C)(C)c4ccccc4)cc1B3c1cc(C(C)(C)c3ccccc3)ccc1N2c1cc(C(C)(C)C)cc(C(C)(C)C)c1. The van der Waals surface area contributed by atoms with E-state index in [1.54, 1.807) is 0 Å². The first-order valence-corrected chi connectivity index (χ1v) is 25.1. The van der Waals surface area contributed by atoms with Crippen LogP contribution >= 0.6 is 0 Å². The average molecular weight is 895 g/mol. The summed E-state index contributed by atoms with van der Waals surface area (Å²) in [5.41, 5.74) is 22.7. The van der Waals surface area contributed by atoms with Gasteiger partial charge in [0.05, 0.1) is 0 Å². The Kier molecular flexibility index (Phi) is 11.2. The van der Waals surface area contributed by atoms with Gasteiger partial charge in [0.25, 0.3) is 6.71 Å². The van der Waals surface area contributed by atoms with Gasteiger partial charge in [0, 0.05) is 45.0 Å². The second kappa shape index (κ2) is 16.1. The molecule has 0 aromatic heterocycles. The normalized spacial score (nSPS) is 14.2. The zero-order valence-electron chi connectivity index (χ0n) is 44.3. The molecule has 0 radical (unpaired) electrons. The molecule has 2 nitrogen and oxygen atoms in total. The molecular formula is C65H75BN2. The largest absolute Gasteiger partial charge is 0.311 e. The monoisotopic (exact) mass is 895 g/mol. The van der Waals surface area contributed by atoms with Crippen LogP contribution in [0.3, 0.4) is 0 Å². The number of aryl methyl sites for hydroxylation is 1. The molecule has 0 spiro atoms. The van der Waals surface area contributed by atoms with Gasteiger partial charge in [0.15, 0.2) is 0 Å². The van der Waals surface area contributed by atoms with Crippen LogP contribution in [0, 0.1) is 6.92 Å². The summed E-state index contributed by atoms with van der Waals surface area (Å²) < 4.78 is 0. The molecule has 2 heterocycles. The maximum Gasteiger partial charge on any atom is 0.252 e. The van der Waals surface area contributed by atoms with Crippen molar-refractivity contribution >= 4 is 57.2 Å². The lowest BCUT2D eigenvalue weighted by molar-refractivity contribution is 0.568. The van der Waals surface area contributed by atoms with Crippen LogP contribution in [0.5, 0.6) is 0 Å². The zero-order chi connectivity index (χ0) is 49.1. The highest BCUT2D eigenvalue weighted by Crippen LogP contribution is 2.49. The number of hydrogen-bond donors (Lipinski definition) is 0. The van der Waals surface area contributed by atoms with Crippen LogP contribution < -0.4 is 26.2 Å². The fourth-order valence-electron chi connectivity index (χ4n) is 10.7. The minimum atomic E-state index is -0.236. The van der Waals surface area contributed by atoms with Crippen molar-refractivity contribution in [2.24, 2.45) is 0 Å². The van der Waals surface area contributed by atoms with Crippen molar-refractivity contribution in [3.8, 4) is 0 Å². The first-order chi connectivity index (χ1) is 31.7. The van der Waals surface area contributed by atoms with Crippen LogP contribution in [0.25, 0.3) is 0 Å². The first kappa shape index (κ1) is 47.3. The number of benzene rings is 7. The standard InChI is InChI=1S/C65H75BN2/c1-42-32-57-59-58(33-42)68(52-38-49(62(8,9)10)35-50(39-52)63(11,12)13)56-31-29-46(65(16,17)44-26-22-19-23-27-44)41-54(56)66(59)53-40-45(64(14,15)43-24-20-18-21-25-43)28-30-55(53)67(57)51-36-47(60(2,3)4)34-48(37-51)61(5,6)7/h18-41H,1-17H3. The molecule has 0 fully saturated rings. The first-order valence-electron chi connectivity index (χ1n) is 25.1. The van der Waals surface area contributed by atoms with Crippen molar-refractivity contribution in [3.63, 3.8) is 0 Å². The highest BCUT2D eigenvalue weighted by molar-refractivity contribution is 7.00. The van der Waals surface area contributed by atoms with Gasteiger partial charge >= 0.3 is 0 Å². The van der Waals surface area contributed by atoms with E-state index in [0.29, 0.717) is 0 Å². The molecule has 68 heavy (non-hydrogen) atoms.